The SMILES string of the molecule is CCOC(=O)c1ccc(NC(=O)CSCCC(=O)NCC(=O)N(C)C)cc1. The third kappa shape index (κ3) is 9.09. The Morgan fingerprint density at radius 3 is 2.33 bits per heavy atom. The van der Waals surface area contributed by atoms with E-state index in [1.165, 1.54) is 16.7 Å². The normalized spacial score (nSPS) is 10.0. The molecule has 0 bridgehead atoms. The van der Waals surface area contributed by atoms with Crippen molar-refractivity contribution in [2.75, 3.05) is 44.1 Å². The number of hydrogen-bond acceptors (Lipinski definition) is 6. The second kappa shape index (κ2) is 11.9. The van der Waals surface area contributed by atoms with Crippen molar-refractivity contribution in [2.45, 2.75) is 13.3 Å². The van der Waals surface area contributed by atoms with Gasteiger partial charge in [-0.1, -0.05) is 0 Å². The Morgan fingerprint density at radius 2 is 1.74 bits per heavy atom. The molecule has 0 saturated carbocycles. The van der Waals surface area contributed by atoms with Crippen molar-refractivity contribution in [3.05, 3.63) is 29.8 Å². The molecule has 0 radical (unpaired) electrons. The molecule has 0 unspecified atom stereocenters. The topological polar surface area (TPSA) is 105 Å². The van der Waals surface area contributed by atoms with Crippen LogP contribution in [0.25, 0.3) is 0 Å². The number of hydrogen-bond donors (Lipinski definition) is 2. The standard InChI is InChI=1S/C18H25N3O5S/c1-4-26-18(25)13-5-7-14(8-6-13)20-16(23)12-27-10-9-15(22)19-11-17(24)21(2)3/h5-8H,4,9-12H2,1-3H3,(H,19,22)(H,20,23). The van der Waals surface area contributed by atoms with Gasteiger partial charge in [-0.15, -0.1) is 0 Å². The van der Waals surface area contributed by atoms with Crippen LogP contribution in [-0.4, -0.2) is 67.3 Å². The molecule has 0 aliphatic rings. The van der Waals surface area contributed by atoms with Crippen molar-refractivity contribution < 1.29 is 23.9 Å². The largest absolute Gasteiger partial charge is 0.462 e. The molecule has 0 fully saturated rings. The second-order valence-corrected chi connectivity index (χ2v) is 6.82. The van der Waals surface area contributed by atoms with Gasteiger partial charge in [0.25, 0.3) is 0 Å². The van der Waals surface area contributed by atoms with E-state index in [1.807, 2.05) is 0 Å². The number of ether oxygens (including phenoxy) is 1. The van der Waals surface area contributed by atoms with Gasteiger partial charge in [0, 0.05) is 32.0 Å². The van der Waals surface area contributed by atoms with Crippen LogP contribution in [0.15, 0.2) is 24.3 Å². The number of amides is 3. The van der Waals surface area contributed by atoms with Crippen LogP contribution in [0.2, 0.25) is 0 Å². The number of nitrogens with zero attached hydrogens (tertiary/aromatic N) is 1. The molecule has 8 nitrogen and oxygen atoms in total. The number of carbonyl (C=O) groups is 4. The summed E-state index contributed by atoms with van der Waals surface area (Å²) in [5, 5.41) is 5.25. The van der Waals surface area contributed by atoms with Crippen LogP contribution in [0.4, 0.5) is 5.69 Å². The summed E-state index contributed by atoms with van der Waals surface area (Å²) in [6.07, 6.45) is 0.229. The van der Waals surface area contributed by atoms with E-state index in [2.05, 4.69) is 10.6 Å². The summed E-state index contributed by atoms with van der Waals surface area (Å²) in [6, 6.07) is 6.42. The Hall–Kier alpha value is -2.55. The third-order valence-electron chi connectivity index (χ3n) is 3.32. The van der Waals surface area contributed by atoms with E-state index < -0.39 is 5.97 Å². The number of rotatable bonds is 10. The molecule has 0 saturated heterocycles. The fraction of sp³-hybridized carbons (Fsp3) is 0.444. The van der Waals surface area contributed by atoms with Gasteiger partial charge in [-0.25, -0.2) is 4.79 Å². The summed E-state index contributed by atoms with van der Waals surface area (Å²) >= 11 is 1.32. The van der Waals surface area contributed by atoms with Crippen molar-refractivity contribution in [2.24, 2.45) is 0 Å². The third-order valence-corrected chi connectivity index (χ3v) is 4.28. The molecule has 0 aliphatic heterocycles. The summed E-state index contributed by atoms with van der Waals surface area (Å²) in [4.78, 5) is 47.8. The van der Waals surface area contributed by atoms with Gasteiger partial charge in [-0.2, -0.15) is 11.8 Å². The lowest BCUT2D eigenvalue weighted by Crippen LogP contribution is -2.36. The Kier molecular flexibility index (Phi) is 9.95. The number of anilines is 1. The van der Waals surface area contributed by atoms with E-state index in [0.717, 1.165) is 0 Å². The number of benzene rings is 1. The fourth-order valence-corrected chi connectivity index (χ4v) is 2.58. The molecule has 0 spiro atoms. The first-order chi connectivity index (χ1) is 12.8. The molecule has 0 aromatic heterocycles. The number of esters is 1. The van der Waals surface area contributed by atoms with Gasteiger partial charge in [0.1, 0.15) is 0 Å². The van der Waals surface area contributed by atoms with Crippen LogP contribution in [0.1, 0.15) is 23.7 Å². The highest BCUT2D eigenvalue weighted by Gasteiger charge is 2.09. The number of likely N-dealkylation sites (N-methyl/N-ethyl adjacent to an activating group) is 1. The smallest absolute Gasteiger partial charge is 0.338 e. The van der Waals surface area contributed by atoms with E-state index in [9.17, 15) is 19.2 Å². The van der Waals surface area contributed by atoms with E-state index in [-0.39, 0.29) is 36.4 Å². The van der Waals surface area contributed by atoms with Gasteiger partial charge in [0.15, 0.2) is 0 Å². The first kappa shape index (κ1) is 22.5. The highest BCUT2D eigenvalue weighted by Crippen LogP contribution is 2.12. The maximum absolute atomic E-state index is 11.9. The Bertz CT molecular complexity index is 661. The number of nitrogens with one attached hydrogen (secondary N) is 2. The molecule has 1 aromatic rings. The zero-order valence-corrected chi connectivity index (χ0v) is 16.6. The summed E-state index contributed by atoms with van der Waals surface area (Å²) in [5.41, 5.74) is 0.997. The second-order valence-electron chi connectivity index (χ2n) is 5.71. The van der Waals surface area contributed by atoms with Crippen molar-refractivity contribution in [3.8, 4) is 0 Å². The zero-order chi connectivity index (χ0) is 20.2. The first-order valence-electron chi connectivity index (χ1n) is 8.45. The predicted molar refractivity (Wildman–Crippen MR) is 105 cm³/mol. The van der Waals surface area contributed by atoms with E-state index >= 15 is 0 Å². The number of thioether (sulfide) groups is 1. The van der Waals surface area contributed by atoms with E-state index in [0.29, 0.717) is 23.6 Å². The van der Waals surface area contributed by atoms with Gasteiger partial charge in [0.2, 0.25) is 17.7 Å². The molecular weight excluding hydrogens is 370 g/mol. The monoisotopic (exact) mass is 395 g/mol. The van der Waals surface area contributed by atoms with Crippen LogP contribution >= 0.6 is 11.8 Å². The molecule has 9 heteroatoms. The maximum atomic E-state index is 11.9. The van der Waals surface area contributed by atoms with Crippen molar-refractivity contribution in [1.29, 1.82) is 0 Å². The lowest BCUT2D eigenvalue weighted by atomic mass is 10.2. The van der Waals surface area contributed by atoms with E-state index in [1.54, 1.807) is 45.3 Å². The predicted octanol–water partition coefficient (Wildman–Crippen LogP) is 1.13. The molecule has 0 heterocycles. The molecular formula is C18H25N3O5S. The van der Waals surface area contributed by atoms with Crippen LogP contribution < -0.4 is 10.6 Å². The van der Waals surface area contributed by atoms with Gasteiger partial charge >= 0.3 is 5.97 Å². The molecule has 1 aromatic carbocycles. The molecule has 3 amide bonds. The highest BCUT2D eigenvalue weighted by atomic mass is 32.2. The number of carbonyl (C=O) groups excluding carboxylic acids is 4. The Morgan fingerprint density at radius 1 is 1.07 bits per heavy atom. The lowest BCUT2D eigenvalue weighted by Gasteiger charge is -2.10. The fourth-order valence-electron chi connectivity index (χ4n) is 1.85. The lowest BCUT2D eigenvalue weighted by molar-refractivity contribution is -0.130. The average Bonchev–Trinajstić information content (AvgIpc) is 2.64. The Balaban J connectivity index is 2.24. The minimum atomic E-state index is -0.406. The van der Waals surface area contributed by atoms with Crippen LogP contribution in [-0.2, 0) is 19.1 Å². The van der Waals surface area contributed by atoms with Crippen LogP contribution in [0.5, 0.6) is 0 Å². The molecule has 0 aliphatic carbocycles. The minimum Gasteiger partial charge on any atom is -0.462 e. The van der Waals surface area contributed by atoms with E-state index in [4.69, 9.17) is 4.74 Å². The van der Waals surface area contributed by atoms with Gasteiger partial charge in [-0.3, -0.25) is 14.4 Å². The highest BCUT2D eigenvalue weighted by molar-refractivity contribution is 7.99. The van der Waals surface area contributed by atoms with Crippen molar-refractivity contribution in [3.63, 3.8) is 0 Å². The quantitative estimate of drug-likeness (QED) is 0.455. The first-order valence-corrected chi connectivity index (χ1v) is 9.60. The molecule has 2 N–H and O–H groups in total. The van der Waals surface area contributed by atoms with Crippen molar-refractivity contribution >= 4 is 41.1 Å². The van der Waals surface area contributed by atoms with Crippen LogP contribution in [0.3, 0.4) is 0 Å². The maximum Gasteiger partial charge on any atom is 0.338 e. The molecule has 0 atom stereocenters. The summed E-state index contributed by atoms with van der Waals surface area (Å²) in [6.45, 7) is 2.01. The zero-order valence-electron chi connectivity index (χ0n) is 15.7. The molecule has 27 heavy (non-hydrogen) atoms. The van der Waals surface area contributed by atoms with Gasteiger partial charge in [-0.05, 0) is 31.2 Å². The summed E-state index contributed by atoms with van der Waals surface area (Å²) in [5.74, 6) is -0.346. The molecule has 148 valence electrons. The van der Waals surface area contributed by atoms with Crippen molar-refractivity contribution in [1.82, 2.24) is 10.2 Å². The van der Waals surface area contributed by atoms with Crippen LogP contribution in [0, 0.1) is 0 Å². The average molecular weight is 395 g/mol. The minimum absolute atomic E-state index is 0.0290. The van der Waals surface area contributed by atoms with Gasteiger partial charge in [0.05, 0.1) is 24.5 Å². The summed E-state index contributed by atoms with van der Waals surface area (Å²) in [7, 11) is 3.24. The summed E-state index contributed by atoms with van der Waals surface area (Å²) < 4.78 is 4.89. The van der Waals surface area contributed by atoms with Gasteiger partial charge < -0.3 is 20.3 Å². The molecule has 1 rings (SSSR count). The Labute approximate surface area is 163 Å².